The van der Waals surface area contributed by atoms with Crippen molar-refractivity contribution in [1.82, 2.24) is 10.3 Å². The van der Waals surface area contributed by atoms with Gasteiger partial charge in [-0.15, -0.1) is 0 Å². The molecule has 1 saturated heterocycles. The van der Waals surface area contributed by atoms with Gasteiger partial charge in [0.2, 0.25) is 5.88 Å². The number of aliphatic carboxylic acids is 1. The zero-order chi connectivity index (χ0) is 16.9. The second-order valence-electron chi connectivity index (χ2n) is 5.97. The van der Waals surface area contributed by atoms with Crippen molar-refractivity contribution in [3.05, 3.63) is 23.9 Å². The predicted octanol–water partition coefficient (Wildman–Crippen LogP) is 1.62. The minimum absolute atomic E-state index is 0.00301. The summed E-state index contributed by atoms with van der Waals surface area (Å²) in [7, 11) is 0. The molecule has 23 heavy (non-hydrogen) atoms. The molecule has 7 nitrogen and oxygen atoms in total. The largest absolute Gasteiger partial charge is 0.481 e. The number of hydrogen-bond acceptors (Lipinski definition) is 5. The van der Waals surface area contributed by atoms with E-state index in [2.05, 4.69) is 10.3 Å². The van der Waals surface area contributed by atoms with Crippen molar-refractivity contribution in [1.29, 1.82) is 0 Å². The molecule has 0 saturated carbocycles. The number of rotatable bonds is 6. The standard InChI is InChI=1S/C16H22N2O5/c1-11(2)23-13-4-3-12(10-17-13)15(21)18-16(9-14(19)20)5-7-22-8-6-16/h3-4,10-11H,5-9H2,1-2H3,(H,18,21)(H,19,20). The van der Waals surface area contributed by atoms with Crippen LogP contribution in [-0.4, -0.2) is 46.8 Å². The van der Waals surface area contributed by atoms with Gasteiger partial charge in [0.15, 0.2) is 0 Å². The van der Waals surface area contributed by atoms with Crippen LogP contribution in [0, 0.1) is 0 Å². The fraction of sp³-hybridized carbons (Fsp3) is 0.562. The van der Waals surface area contributed by atoms with Gasteiger partial charge in [0, 0.05) is 25.5 Å². The third-order valence-corrected chi connectivity index (χ3v) is 3.67. The Morgan fingerprint density at radius 2 is 2.09 bits per heavy atom. The van der Waals surface area contributed by atoms with Crippen LogP contribution >= 0.6 is 0 Å². The Kier molecular flexibility index (Phi) is 5.54. The summed E-state index contributed by atoms with van der Waals surface area (Å²) in [5.41, 5.74) is -0.397. The Labute approximate surface area is 135 Å². The topological polar surface area (TPSA) is 97.8 Å². The highest BCUT2D eigenvalue weighted by atomic mass is 16.5. The van der Waals surface area contributed by atoms with Crippen LogP contribution < -0.4 is 10.1 Å². The van der Waals surface area contributed by atoms with Gasteiger partial charge in [-0.3, -0.25) is 9.59 Å². The van der Waals surface area contributed by atoms with Gasteiger partial charge in [0.1, 0.15) is 0 Å². The Bertz CT molecular complexity index is 550. The van der Waals surface area contributed by atoms with E-state index in [0.29, 0.717) is 37.5 Å². The molecule has 2 N–H and O–H groups in total. The van der Waals surface area contributed by atoms with Crippen LogP contribution in [0.2, 0.25) is 0 Å². The number of carboxylic acid groups (broad SMARTS) is 1. The highest BCUT2D eigenvalue weighted by Crippen LogP contribution is 2.25. The fourth-order valence-corrected chi connectivity index (χ4v) is 2.54. The first kappa shape index (κ1) is 17.2. The summed E-state index contributed by atoms with van der Waals surface area (Å²) in [5, 5.41) is 12.0. The van der Waals surface area contributed by atoms with Crippen molar-refractivity contribution in [2.75, 3.05) is 13.2 Å². The average molecular weight is 322 g/mol. The lowest BCUT2D eigenvalue weighted by Gasteiger charge is -2.36. The van der Waals surface area contributed by atoms with Crippen molar-refractivity contribution >= 4 is 11.9 Å². The number of aromatic nitrogens is 1. The lowest BCUT2D eigenvalue weighted by Crippen LogP contribution is -2.53. The highest BCUT2D eigenvalue weighted by Gasteiger charge is 2.36. The number of hydrogen-bond donors (Lipinski definition) is 2. The molecule has 0 bridgehead atoms. The van der Waals surface area contributed by atoms with E-state index in [1.54, 1.807) is 12.1 Å². The number of amides is 1. The lowest BCUT2D eigenvalue weighted by atomic mass is 9.86. The predicted molar refractivity (Wildman–Crippen MR) is 82.5 cm³/mol. The Morgan fingerprint density at radius 1 is 1.39 bits per heavy atom. The third-order valence-electron chi connectivity index (χ3n) is 3.67. The Balaban J connectivity index is 2.07. The minimum atomic E-state index is -0.939. The number of nitrogens with zero attached hydrogens (tertiary/aromatic N) is 1. The summed E-state index contributed by atoms with van der Waals surface area (Å²) in [6.45, 7) is 4.66. The molecular formula is C16H22N2O5. The van der Waals surface area contributed by atoms with Crippen LogP contribution in [-0.2, 0) is 9.53 Å². The van der Waals surface area contributed by atoms with Gasteiger partial charge < -0.3 is 19.9 Å². The van der Waals surface area contributed by atoms with Crippen LogP contribution in [0.1, 0.15) is 43.5 Å². The lowest BCUT2D eigenvalue weighted by molar-refractivity contribution is -0.139. The van der Waals surface area contributed by atoms with Gasteiger partial charge in [-0.25, -0.2) is 4.98 Å². The van der Waals surface area contributed by atoms with E-state index in [-0.39, 0.29) is 18.4 Å². The molecule has 126 valence electrons. The first-order valence-electron chi connectivity index (χ1n) is 7.65. The molecule has 1 amide bonds. The van der Waals surface area contributed by atoms with E-state index >= 15 is 0 Å². The first-order chi connectivity index (χ1) is 10.9. The molecule has 1 aromatic rings. The summed E-state index contributed by atoms with van der Waals surface area (Å²) in [4.78, 5) is 27.6. The van der Waals surface area contributed by atoms with E-state index < -0.39 is 11.5 Å². The number of carbonyl (C=O) groups is 2. The summed E-state index contributed by atoms with van der Waals surface area (Å²) < 4.78 is 10.7. The van der Waals surface area contributed by atoms with Crippen LogP contribution in [0.4, 0.5) is 0 Å². The fourth-order valence-electron chi connectivity index (χ4n) is 2.54. The van der Waals surface area contributed by atoms with Gasteiger partial charge in [-0.1, -0.05) is 0 Å². The molecule has 0 spiro atoms. The van der Waals surface area contributed by atoms with Crippen molar-refractivity contribution in [2.24, 2.45) is 0 Å². The zero-order valence-corrected chi connectivity index (χ0v) is 13.4. The van der Waals surface area contributed by atoms with E-state index in [4.69, 9.17) is 14.6 Å². The SMILES string of the molecule is CC(C)Oc1ccc(C(=O)NC2(CC(=O)O)CCOCC2)cn1. The molecule has 1 aromatic heterocycles. The summed E-state index contributed by atoms with van der Waals surface area (Å²) >= 11 is 0. The zero-order valence-electron chi connectivity index (χ0n) is 13.4. The highest BCUT2D eigenvalue weighted by molar-refractivity contribution is 5.94. The Morgan fingerprint density at radius 3 is 2.61 bits per heavy atom. The number of carboxylic acids is 1. The monoisotopic (exact) mass is 322 g/mol. The number of pyridine rings is 1. The molecule has 7 heteroatoms. The van der Waals surface area contributed by atoms with Gasteiger partial charge in [-0.2, -0.15) is 0 Å². The average Bonchev–Trinajstić information content (AvgIpc) is 2.47. The van der Waals surface area contributed by atoms with Gasteiger partial charge in [0.25, 0.3) is 5.91 Å². The number of nitrogens with one attached hydrogen (secondary N) is 1. The van der Waals surface area contributed by atoms with Gasteiger partial charge in [0.05, 0.1) is 23.6 Å². The molecule has 1 fully saturated rings. The van der Waals surface area contributed by atoms with E-state index in [0.717, 1.165) is 0 Å². The molecular weight excluding hydrogens is 300 g/mol. The molecule has 2 heterocycles. The second kappa shape index (κ2) is 7.41. The maximum atomic E-state index is 12.4. The molecule has 1 aliphatic heterocycles. The number of ether oxygens (including phenoxy) is 2. The van der Waals surface area contributed by atoms with Crippen LogP contribution in [0.15, 0.2) is 18.3 Å². The molecule has 0 aliphatic carbocycles. The number of carbonyl (C=O) groups excluding carboxylic acids is 1. The normalized spacial score (nSPS) is 16.8. The molecule has 0 aromatic carbocycles. The molecule has 2 rings (SSSR count). The van der Waals surface area contributed by atoms with E-state index in [1.807, 2.05) is 13.8 Å². The summed E-state index contributed by atoms with van der Waals surface area (Å²) in [6, 6.07) is 3.25. The van der Waals surface area contributed by atoms with E-state index in [9.17, 15) is 9.59 Å². The first-order valence-corrected chi connectivity index (χ1v) is 7.65. The minimum Gasteiger partial charge on any atom is -0.481 e. The van der Waals surface area contributed by atoms with Gasteiger partial charge in [-0.05, 0) is 32.8 Å². The smallest absolute Gasteiger partial charge is 0.305 e. The van der Waals surface area contributed by atoms with Crippen LogP contribution in [0.5, 0.6) is 5.88 Å². The van der Waals surface area contributed by atoms with Crippen molar-refractivity contribution in [3.63, 3.8) is 0 Å². The molecule has 1 aliphatic rings. The van der Waals surface area contributed by atoms with Crippen molar-refractivity contribution in [2.45, 2.75) is 44.8 Å². The third kappa shape index (κ3) is 4.92. The maximum Gasteiger partial charge on any atom is 0.305 e. The molecule has 0 unspecified atom stereocenters. The van der Waals surface area contributed by atoms with Crippen molar-refractivity contribution < 1.29 is 24.2 Å². The van der Waals surface area contributed by atoms with E-state index in [1.165, 1.54) is 6.20 Å². The maximum absolute atomic E-state index is 12.4. The van der Waals surface area contributed by atoms with Gasteiger partial charge >= 0.3 is 5.97 Å². The summed E-state index contributed by atoms with van der Waals surface area (Å²) in [5.74, 6) is -0.828. The quantitative estimate of drug-likeness (QED) is 0.826. The molecule has 0 radical (unpaired) electrons. The van der Waals surface area contributed by atoms with Crippen LogP contribution in [0.3, 0.4) is 0 Å². The Hall–Kier alpha value is -2.15. The molecule has 0 atom stereocenters. The summed E-state index contributed by atoms with van der Waals surface area (Å²) in [6.07, 6.45) is 2.27. The van der Waals surface area contributed by atoms with Crippen molar-refractivity contribution in [3.8, 4) is 5.88 Å². The second-order valence-corrected chi connectivity index (χ2v) is 5.97. The van der Waals surface area contributed by atoms with Crippen LogP contribution in [0.25, 0.3) is 0 Å².